The second-order valence-corrected chi connectivity index (χ2v) is 3.73. The van der Waals surface area contributed by atoms with E-state index in [2.05, 4.69) is 0 Å². The van der Waals surface area contributed by atoms with Crippen LogP contribution >= 0.6 is 0 Å². The van der Waals surface area contributed by atoms with Crippen LogP contribution in [0.2, 0.25) is 0 Å². The van der Waals surface area contributed by atoms with E-state index in [1.165, 1.54) is 12.1 Å². The minimum atomic E-state index is -0.484. The molecule has 0 aromatic heterocycles. The Labute approximate surface area is 105 Å². The second-order valence-electron chi connectivity index (χ2n) is 3.73. The third-order valence-corrected chi connectivity index (χ3v) is 2.18. The maximum Gasteiger partial charge on any atom is 0.292 e. The second kappa shape index (κ2) is 6.24. The standard InChI is InChI=1S/C7H8N2O2.C6H7N/c1-5-2-3-6(8)7(4-5)9(10)11;7-6-4-2-1-3-5-6/h2-4H,8H2,1H3;1-5H,7H2. The van der Waals surface area contributed by atoms with E-state index < -0.39 is 4.92 Å². The summed E-state index contributed by atoms with van der Waals surface area (Å²) in [5.41, 5.74) is 12.6. The number of hydrogen-bond acceptors (Lipinski definition) is 4. The average molecular weight is 245 g/mol. The van der Waals surface area contributed by atoms with Crippen LogP contribution in [-0.2, 0) is 0 Å². The van der Waals surface area contributed by atoms with E-state index in [1.54, 1.807) is 13.0 Å². The van der Waals surface area contributed by atoms with Gasteiger partial charge in [-0.3, -0.25) is 10.1 Å². The van der Waals surface area contributed by atoms with E-state index in [0.717, 1.165) is 11.3 Å². The quantitative estimate of drug-likeness (QED) is 0.458. The molecule has 0 radical (unpaired) electrons. The number of nitrogens with zero attached hydrogens (tertiary/aromatic N) is 1. The van der Waals surface area contributed by atoms with Crippen LogP contribution in [0.4, 0.5) is 17.1 Å². The average Bonchev–Trinajstić information content (AvgIpc) is 2.34. The zero-order chi connectivity index (χ0) is 13.5. The lowest BCUT2D eigenvalue weighted by Crippen LogP contribution is -1.95. The zero-order valence-electron chi connectivity index (χ0n) is 10.0. The number of rotatable bonds is 1. The number of anilines is 2. The van der Waals surface area contributed by atoms with E-state index in [9.17, 15) is 10.1 Å². The van der Waals surface area contributed by atoms with Crippen molar-refractivity contribution in [3.05, 3.63) is 64.2 Å². The van der Waals surface area contributed by atoms with Gasteiger partial charge in [-0.05, 0) is 30.7 Å². The van der Waals surface area contributed by atoms with Gasteiger partial charge in [0, 0.05) is 11.8 Å². The Hall–Kier alpha value is -2.56. The van der Waals surface area contributed by atoms with Gasteiger partial charge in [-0.2, -0.15) is 0 Å². The normalized spacial score (nSPS) is 9.17. The maximum atomic E-state index is 10.3. The van der Waals surface area contributed by atoms with Crippen molar-refractivity contribution in [1.29, 1.82) is 0 Å². The fourth-order valence-corrected chi connectivity index (χ4v) is 1.26. The lowest BCUT2D eigenvalue weighted by atomic mass is 10.2. The Balaban J connectivity index is 0.000000199. The molecular formula is C13H15N3O2. The van der Waals surface area contributed by atoms with Crippen LogP contribution in [0, 0.1) is 17.0 Å². The van der Waals surface area contributed by atoms with Crippen molar-refractivity contribution >= 4 is 17.1 Å². The number of nitrogens with two attached hydrogens (primary N) is 2. The summed E-state index contributed by atoms with van der Waals surface area (Å²) in [7, 11) is 0. The summed E-state index contributed by atoms with van der Waals surface area (Å²) in [4.78, 5) is 9.82. The molecule has 18 heavy (non-hydrogen) atoms. The molecule has 0 aliphatic rings. The van der Waals surface area contributed by atoms with Crippen molar-refractivity contribution in [3.63, 3.8) is 0 Å². The van der Waals surface area contributed by atoms with Crippen molar-refractivity contribution in [1.82, 2.24) is 0 Å². The first-order valence-electron chi connectivity index (χ1n) is 5.31. The predicted octanol–water partition coefficient (Wildman–Crippen LogP) is 2.75. The molecule has 0 saturated heterocycles. The summed E-state index contributed by atoms with van der Waals surface area (Å²) < 4.78 is 0. The van der Waals surface area contributed by atoms with Crippen LogP contribution in [0.25, 0.3) is 0 Å². The van der Waals surface area contributed by atoms with Gasteiger partial charge in [0.1, 0.15) is 5.69 Å². The van der Waals surface area contributed by atoms with Gasteiger partial charge in [-0.25, -0.2) is 0 Å². The molecule has 0 aliphatic heterocycles. The molecule has 94 valence electrons. The zero-order valence-corrected chi connectivity index (χ0v) is 10.0. The Morgan fingerprint density at radius 2 is 1.67 bits per heavy atom. The van der Waals surface area contributed by atoms with Gasteiger partial charge in [0.05, 0.1) is 4.92 Å². The van der Waals surface area contributed by atoms with Crippen LogP contribution in [-0.4, -0.2) is 4.92 Å². The number of benzene rings is 2. The highest BCUT2D eigenvalue weighted by Crippen LogP contribution is 2.21. The van der Waals surface area contributed by atoms with Crippen molar-refractivity contribution in [3.8, 4) is 0 Å². The molecule has 2 aromatic rings. The predicted molar refractivity (Wildman–Crippen MR) is 73.1 cm³/mol. The van der Waals surface area contributed by atoms with Crippen molar-refractivity contribution in [2.45, 2.75) is 6.92 Å². The number of nitrogen functional groups attached to an aromatic ring is 2. The number of nitro groups is 1. The number of aryl methyl sites for hydroxylation is 1. The van der Waals surface area contributed by atoms with Crippen molar-refractivity contribution in [2.24, 2.45) is 0 Å². The Kier molecular flexibility index (Phi) is 4.68. The highest BCUT2D eigenvalue weighted by molar-refractivity contribution is 5.58. The first-order chi connectivity index (χ1) is 8.50. The highest BCUT2D eigenvalue weighted by atomic mass is 16.6. The van der Waals surface area contributed by atoms with E-state index >= 15 is 0 Å². The summed E-state index contributed by atoms with van der Waals surface area (Å²) >= 11 is 0. The topological polar surface area (TPSA) is 95.2 Å². The largest absolute Gasteiger partial charge is 0.399 e. The Morgan fingerprint density at radius 3 is 2.06 bits per heavy atom. The molecule has 0 saturated carbocycles. The summed E-state index contributed by atoms with van der Waals surface area (Å²) in [5.74, 6) is 0. The molecular weight excluding hydrogens is 230 g/mol. The van der Waals surface area contributed by atoms with Crippen LogP contribution in [0.3, 0.4) is 0 Å². The van der Waals surface area contributed by atoms with Gasteiger partial charge < -0.3 is 11.5 Å². The summed E-state index contributed by atoms with van der Waals surface area (Å²) in [5, 5.41) is 10.3. The van der Waals surface area contributed by atoms with Crippen LogP contribution in [0.1, 0.15) is 5.56 Å². The van der Waals surface area contributed by atoms with E-state index in [0.29, 0.717) is 0 Å². The van der Waals surface area contributed by atoms with Gasteiger partial charge in [0.2, 0.25) is 0 Å². The van der Waals surface area contributed by atoms with E-state index in [-0.39, 0.29) is 11.4 Å². The lowest BCUT2D eigenvalue weighted by molar-refractivity contribution is -0.383. The number of para-hydroxylation sites is 1. The molecule has 0 aliphatic carbocycles. The van der Waals surface area contributed by atoms with Crippen LogP contribution in [0.5, 0.6) is 0 Å². The van der Waals surface area contributed by atoms with Gasteiger partial charge in [0.15, 0.2) is 0 Å². The van der Waals surface area contributed by atoms with Gasteiger partial charge in [0.25, 0.3) is 5.69 Å². The Bertz CT molecular complexity index is 527. The third kappa shape index (κ3) is 4.13. The minimum absolute atomic E-state index is 0.0231. The molecule has 2 rings (SSSR count). The molecule has 0 unspecified atom stereocenters. The van der Waals surface area contributed by atoms with E-state index in [4.69, 9.17) is 11.5 Å². The fraction of sp³-hybridized carbons (Fsp3) is 0.0769. The molecule has 0 bridgehead atoms. The SMILES string of the molecule is Cc1ccc(N)c([N+](=O)[O-])c1.Nc1ccccc1. The summed E-state index contributed by atoms with van der Waals surface area (Å²) in [6.07, 6.45) is 0. The molecule has 0 spiro atoms. The smallest absolute Gasteiger partial charge is 0.292 e. The molecule has 5 nitrogen and oxygen atoms in total. The molecule has 0 atom stereocenters. The molecule has 5 heteroatoms. The molecule has 0 amide bonds. The van der Waals surface area contributed by atoms with Gasteiger partial charge >= 0.3 is 0 Å². The number of hydrogen-bond donors (Lipinski definition) is 2. The molecule has 0 fully saturated rings. The first-order valence-corrected chi connectivity index (χ1v) is 5.31. The van der Waals surface area contributed by atoms with Gasteiger partial charge in [-0.1, -0.05) is 24.3 Å². The van der Waals surface area contributed by atoms with Crippen molar-refractivity contribution < 1.29 is 4.92 Å². The lowest BCUT2D eigenvalue weighted by Gasteiger charge is -1.96. The molecule has 2 aromatic carbocycles. The minimum Gasteiger partial charge on any atom is -0.399 e. The highest BCUT2D eigenvalue weighted by Gasteiger charge is 2.09. The fourth-order valence-electron chi connectivity index (χ4n) is 1.26. The van der Waals surface area contributed by atoms with Crippen LogP contribution in [0.15, 0.2) is 48.5 Å². The summed E-state index contributed by atoms with van der Waals surface area (Å²) in [6.45, 7) is 1.78. The summed E-state index contributed by atoms with van der Waals surface area (Å²) in [6, 6.07) is 14.2. The van der Waals surface area contributed by atoms with Crippen molar-refractivity contribution in [2.75, 3.05) is 11.5 Å². The Morgan fingerprint density at radius 1 is 1.06 bits per heavy atom. The number of nitro benzene ring substituents is 1. The van der Waals surface area contributed by atoms with Gasteiger partial charge in [-0.15, -0.1) is 0 Å². The monoisotopic (exact) mass is 245 g/mol. The first kappa shape index (κ1) is 13.5. The molecule has 0 heterocycles. The maximum absolute atomic E-state index is 10.3. The molecule has 4 N–H and O–H groups in total. The van der Waals surface area contributed by atoms with Crippen LogP contribution < -0.4 is 11.5 Å². The third-order valence-electron chi connectivity index (χ3n) is 2.18. The van der Waals surface area contributed by atoms with E-state index in [1.807, 2.05) is 30.3 Å².